The zero-order valence-electron chi connectivity index (χ0n) is 13.6. The van der Waals surface area contributed by atoms with Gasteiger partial charge < -0.3 is 16.0 Å². The van der Waals surface area contributed by atoms with Crippen molar-refractivity contribution < 1.29 is 9.59 Å². The molecule has 1 aromatic rings. The van der Waals surface area contributed by atoms with E-state index >= 15 is 0 Å². The summed E-state index contributed by atoms with van der Waals surface area (Å²) in [5.74, 6) is -0.496. The van der Waals surface area contributed by atoms with Crippen LogP contribution in [0.2, 0.25) is 5.02 Å². The topological polar surface area (TPSA) is 94.0 Å². The van der Waals surface area contributed by atoms with Crippen molar-refractivity contribution in [2.45, 2.75) is 37.6 Å². The number of nitrogens with one attached hydrogen (secondary N) is 3. The van der Waals surface area contributed by atoms with E-state index in [0.717, 1.165) is 19.3 Å². The van der Waals surface area contributed by atoms with Crippen molar-refractivity contribution >= 4 is 29.1 Å². The van der Waals surface area contributed by atoms with Crippen LogP contribution < -0.4 is 16.0 Å². The number of anilines is 1. The van der Waals surface area contributed by atoms with Crippen LogP contribution in [0.3, 0.4) is 0 Å². The van der Waals surface area contributed by atoms with Crippen molar-refractivity contribution in [2.75, 3.05) is 18.9 Å². The molecule has 1 aromatic carbocycles. The zero-order chi connectivity index (χ0) is 17.6. The summed E-state index contributed by atoms with van der Waals surface area (Å²) in [4.78, 5) is 23.8. The number of amides is 2. The SMILES string of the molecule is CNC(=O)c1ccc(Cl)c(NCC(=O)NC2(C#N)CCCCC2)c1. The molecule has 1 aliphatic rings. The van der Waals surface area contributed by atoms with Gasteiger partial charge in [0.2, 0.25) is 5.91 Å². The lowest BCUT2D eigenvalue weighted by Gasteiger charge is -2.31. The Hall–Kier alpha value is -2.26. The van der Waals surface area contributed by atoms with E-state index < -0.39 is 5.54 Å². The van der Waals surface area contributed by atoms with Gasteiger partial charge in [-0.2, -0.15) is 5.26 Å². The number of nitriles is 1. The van der Waals surface area contributed by atoms with Gasteiger partial charge >= 0.3 is 0 Å². The second-order valence-electron chi connectivity index (χ2n) is 5.93. The fraction of sp³-hybridized carbons (Fsp3) is 0.471. The summed E-state index contributed by atoms with van der Waals surface area (Å²) >= 11 is 6.10. The third-order valence-electron chi connectivity index (χ3n) is 4.19. The van der Waals surface area contributed by atoms with Crippen molar-refractivity contribution in [2.24, 2.45) is 0 Å². The molecular weight excluding hydrogens is 328 g/mol. The van der Waals surface area contributed by atoms with E-state index in [0.29, 0.717) is 29.1 Å². The molecule has 0 heterocycles. The maximum absolute atomic E-state index is 12.2. The predicted molar refractivity (Wildman–Crippen MR) is 92.9 cm³/mol. The smallest absolute Gasteiger partial charge is 0.251 e. The molecule has 0 bridgehead atoms. The van der Waals surface area contributed by atoms with E-state index in [1.807, 2.05) is 0 Å². The normalized spacial score (nSPS) is 15.9. The molecule has 2 amide bonds. The van der Waals surface area contributed by atoms with E-state index in [2.05, 4.69) is 22.0 Å². The average Bonchev–Trinajstić information content (AvgIpc) is 2.61. The van der Waals surface area contributed by atoms with E-state index in [1.165, 1.54) is 0 Å². The Bertz CT molecular complexity index is 663. The minimum Gasteiger partial charge on any atom is -0.375 e. The highest BCUT2D eigenvalue weighted by molar-refractivity contribution is 6.33. The minimum absolute atomic E-state index is 0.0135. The fourth-order valence-corrected chi connectivity index (χ4v) is 3.04. The Balaban J connectivity index is 1.99. The predicted octanol–water partition coefficient (Wildman–Crippen LogP) is 2.45. The molecule has 0 atom stereocenters. The number of benzene rings is 1. The molecule has 0 radical (unpaired) electrons. The molecule has 0 saturated heterocycles. The summed E-state index contributed by atoms with van der Waals surface area (Å²) in [6.45, 7) is -0.0135. The van der Waals surface area contributed by atoms with E-state index in [4.69, 9.17) is 11.6 Å². The van der Waals surface area contributed by atoms with Crippen LogP contribution in [0, 0.1) is 11.3 Å². The second kappa shape index (κ2) is 8.02. The molecule has 1 saturated carbocycles. The van der Waals surface area contributed by atoms with Crippen LogP contribution in [0.15, 0.2) is 18.2 Å². The molecule has 2 rings (SSSR count). The van der Waals surface area contributed by atoms with Crippen LogP contribution in [0.1, 0.15) is 42.5 Å². The Morgan fingerprint density at radius 2 is 2.00 bits per heavy atom. The van der Waals surface area contributed by atoms with E-state index in [-0.39, 0.29) is 18.4 Å². The Morgan fingerprint density at radius 3 is 2.62 bits per heavy atom. The lowest BCUT2D eigenvalue weighted by atomic mass is 9.83. The standard InChI is InChI=1S/C17H21ClN4O2/c1-20-16(24)12-5-6-13(18)14(9-12)21-10-15(23)22-17(11-19)7-3-2-4-8-17/h5-6,9,21H,2-4,7-8,10H2,1H3,(H,20,24)(H,22,23). The second-order valence-corrected chi connectivity index (χ2v) is 6.34. The molecule has 1 aliphatic carbocycles. The van der Waals surface area contributed by atoms with Gasteiger partial charge in [0.05, 0.1) is 23.3 Å². The summed E-state index contributed by atoms with van der Waals surface area (Å²) in [5, 5.41) is 18.1. The Kier molecular flexibility index (Phi) is 6.04. The maximum Gasteiger partial charge on any atom is 0.251 e. The molecule has 0 aliphatic heterocycles. The molecular formula is C17H21ClN4O2. The van der Waals surface area contributed by atoms with Crippen molar-refractivity contribution in [3.05, 3.63) is 28.8 Å². The number of carbonyl (C=O) groups excluding carboxylic acids is 2. The Labute approximate surface area is 146 Å². The van der Waals surface area contributed by atoms with Crippen LogP contribution >= 0.6 is 11.6 Å². The van der Waals surface area contributed by atoms with Gasteiger partial charge in [0.15, 0.2) is 0 Å². The molecule has 1 fully saturated rings. The highest BCUT2D eigenvalue weighted by Crippen LogP contribution is 2.27. The quantitative estimate of drug-likeness (QED) is 0.761. The third-order valence-corrected chi connectivity index (χ3v) is 4.52. The number of halogens is 1. The number of nitrogens with zero attached hydrogens (tertiary/aromatic N) is 1. The molecule has 7 heteroatoms. The fourth-order valence-electron chi connectivity index (χ4n) is 2.85. The summed E-state index contributed by atoms with van der Waals surface area (Å²) in [6.07, 6.45) is 4.35. The average molecular weight is 349 g/mol. The molecule has 128 valence electrons. The van der Waals surface area contributed by atoms with Crippen LogP contribution in [0.4, 0.5) is 5.69 Å². The van der Waals surface area contributed by atoms with Gasteiger partial charge in [0, 0.05) is 12.6 Å². The van der Waals surface area contributed by atoms with Gasteiger partial charge in [-0.25, -0.2) is 0 Å². The monoisotopic (exact) mass is 348 g/mol. The highest BCUT2D eigenvalue weighted by atomic mass is 35.5. The number of hydrogen-bond donors (Lipinski definition) is 3. The van der Waals surface area contributed by atoms with Gasteiger partial charge in [-0.05, 0) is 31.0 Å². The van der Waals surface area contributed by atoms with Crippen molar-refractivity contribution in [1.29, 1.82) is 5.26 Å². The third kappa shape index (κ3) is 4.39. The van der Waals surface area contributed by atoms with Gasteiger partial charge in [0.25, 0.3) is 5.91 Å². The number of hydrogen-bond acceptors (Lipinski definition) is 4. The number of carbonyl (C=O) groups is 2. The number of rotatable bonds is 5. The van der Waals surface area contributed by atoms with Gasteiger partial charge in [-0.15, -0.1) is 0 Å². The molecule has 0 unspecified atom stereocenters. The first-order chi connectivity index (χ1) is 11.5. The van der Waals surface area contributed by atoms with Crippen LogP contribution in [0.5, 0.6) is 0 Å². The Morgan fingerprint density at radius 1 is 1.29 bits per heavy atom. The minimum atomic E-state index is -0.759. The first-order valence-corrected chi connectivity index (χ1v) is 8.35. The summed E-state index contributed by atoms with van der Waals surface area (Å²) in [7, 11) is 1.54. The molecule has 24 heavy (non-hydrogen) atoms. The van der Waals surface area contributed by atoms with Gasteiger partial charge in [-0.3, -0.25) is 9.59 Å². The van der Waals surface area contributed by atoms with Gasteiger partial charge in [0.1, 0.15) is 5.54 Å². The molecule has 6 nitrogen and oxygen atoms in total. The van der Waals surface area contributed by atoms with Crippen molar-refractivity contribution in [3.63, 3.8) is 0 Å². The van der Waals surface area contributed by atoms with Crippen molar-refractivity contribution in [1.82, 2.24) is 10.6 Å². The van der Waals surface area contributed by atoms with Crippen molar-refractivity contribution in [3.8, 4) is 6.07 Å². The summed E-state index contributed by atoms with van der Waals surface area (Å²) in [6, 6.07) is 7.05. The zero-order valence-corrected chi connectivity index (χ0v) is 14.4. The molecule has 0 aromatic heterocycles. The lowest BCUT2D eigenvalue weighted by Crippen LogP contribution is -2.50. The van der Waals surface area contributed by atoms with Crippen LogP contribution in [0.25, 0.3) is 0 Å². The lowest BCUT2D eigenvalue weighted by molar-refractivity contribution is -0.121. The van der Waals surface area contributed by atoms with Crippen LogP contribution in [-0.4, -0.2) is 30.9 Å². The van der Waals surface area contributed by atoms with Gasteiger partial charge in [-0.1, -0.05) is 30.9 Å². The largest absolute Gasteiger partial charge is 0.375 e. The van der Waals surface area contributed by atoms with Crippen LogP contribution in [-0.2, 0) is 4.79 Å². The van der Waals surface area contributed by atoms with E-state index in [9.17, 15) is 14.9 Å². The highest BCUT2D eigenvalue weighted by Gasteiger charge is 2.33. The maximum atomic E-state index is 12.2. The van der Waals surface area contributed by atoms with E-state index in [1.54, 1.807) is 25.2 Å². The summed E-state index contributed by atoms with van der Waals surface area (Å²) < 4.78 is 0. The summed E-state index contributed by atoms with van der Waals surface area (Å²) in [5.41, 5.74) is 0.193. The first-order valence-electron chi connectivity index (χ1n) is 7.97. The first kappa shape index (κ1) is 18.1. The molecule has 0 spiro atoms. The molecule has 3 N–H and O–H groups in total.